The molecule has 0 saturated heterocycles. The average Bonchev–Trinajstić information content (AvgIpc) is 2.36. The molecular weight excluding hydrogens is 308 g/mol. The summed E-state index contributed by atoms with van der Waals surface area (Å²) >= 11 is 0. The second kappa shape index (κ2) is 10.1. The molecule has 0 aliphatic heterocycles. The number of benzene rings is 1. The summed E-state index contributed by atoms with van der Waals surface area (Å²) in [4.78, 5) is 2.10. The van der Waals surface area contributed by atoms with Gasteiger partial charge >= 0.3 is 0 Å². The molecule has 0 fully saturated rings. The maximum atomic E-state index is 8.49. The Hall–Kier alpha value is -1.70. The summed E-state index contributed by atoms with van der Waals surface area (Å²) in [7, 11) is 3.16. The van der Waals surface area contributed by atoms with E-state index in [0.29, 0.717) is 0 Å². The quantitative estimate of drug-likeness (QED) is 0.358. The third-order valence-corrected chi connectivity index (χ3v) is 2.30. The second-order valence-electron chi connectivity index (χ2n) is 4.72. The average molecular weight is 329 g/mol. The van der Waals surface area contributed by atoms with E-state index in [-0.39, 0.29) is 0 Å². The third kappa shape index (κ3) is 13.3. The largest absolute Gasteiger partial charge is 0.378 e. The van der Waals surface area contributed by atoms with Crippen LogP contribution in [0.1, 0.15) is 5.56 Å². The van der Waals surface area contributed by atoms with Gasteiger partial charge in [0.05, 0.1) is 0 Å². The van der Waals surface area contributed by atoms with Crippen molar-refractivity contribution in [3.8, 4) is 0 Å². The fraction of sp³-hybridized carbons (Fsp3) is 0.267. The van der Waals surface area contributed by atoms with Crippen molar-refractivity contribution in [1.29, 1.82) is 0 Å². The van der Waals surface area contributed by atoms with Crippen LogP contribution in [0.5, 0.6) is 0 Å². The van der Waals surface area contributed by atoms with Gasteiger partial charge in [-0.05, 0) is 17.7 Å². The van der Waals surface area contributed by atoms with Crippen LogP contribution in [0.4, 0.5) is 5.69 Å². The van der Waals surface area contributed by atoms with Crippen LogP contribution in [0.25, 0.3) is 6.08 Å². The molecule has 7 heteroatoms. The van der Waals surface area contributed by atoms with Crippen molar-refractivity contribution in [2.45, 2.75) is 0 Å². The molecule has 1 aromatic carbocycles. The van der Waals surface area contributed by atoms with E-state index >= 15 is 0 Å². The second-order valence-corrected chi connectivity index (χ2v) is 5.48. The van der Waals surface area contributed by atoms with Crippen molar-refractivity contribution < 1.29 is 33.5 Å². The maximum absolute atomic E-state index is 8.49. The predicted molar refractivity (Wildman–Crippen MR) is 77.1 cm³/mol. The smallest absolute Gasteiger partial charge is 0.162 e. The minimum absolute atomic E-state index is 1.21. The molecule has 0 bridgehead atoms. The van der Waals surface area contributed by atoms with E-state index in [1.54, 1.807) is 0 Å². The van der Waals surface area contributed by atoms with Crippen LogP contribution in [0, 0.1) is 10.2 Å². The Kier molecular flexibility index (Phi) is 9.32. The van der Waals surface area contributed by atoms with Crippen molar-refractivity contribution >= 4 is 18.0 Å². The predicted octanol–water partition coefficient (Wildman–Crippen LogP) is -2.09. The first-order chi connectivity index (χ1) is 10.1. The summed E-state index contributed by atoms with van der Waals surface area (Å²) in [5.41, 5.74) is 2.43. The van der Waals surface area contributed by atoms with Crippen LogP contribution in [0.2, 0.25) is 0 Å². The zero-order chi connectivity index (χ0) is 17.2. The first-order valence-corrected chi connectivity index (χ1v) is 7.57. The summed E-state index contributed by atoms with van der Waals surface area (Å²) in [6, 6.07) is 8.48. The topological polar surface area (TPSA) is 98.5 Å². The number of hydrogen-bond donors (Lipinski definition) is 0. The number of hydrogen-bond acceptors (Lipinski definition) is 5. The van der Waals surface area contributed by atoms with Crippen LogP contribution in [0.15, 0.2) is 42.5 Å². The third-order valence-electron chi connectivity index (χ3n) is 2.30. The lowest BCUT2D eigenvalue weighted by molar-refractivity contribution is -2.00. The van der Waals surface area contributed by atoms with Crippen LogP contribution in [0.3, 0.4) is 0 Å². The zero-order valence-electron chi connectivity index (χ0n) is 13.1. The molecule has 122 valence electrons. The summed E-state index contributed by atoms with van der Waals surface area (Å²) in [6.07, 6.45) is 10.2. The van der Waals surface area contributed by atoms with Gasteiger partial charge in [-0.15, -0.1) is 10.2 Å². The van der Waals surface area contributed by atoms with Gasteiger partial charge in [0.25, 0.3) is 0 Å². The molecule has 0 aromatic heterocycles. The summed E-state index contributed by atoms with van der Waals surface area (Å²) < 4.78 is 36.0. The molecule has 22 heavy (non-hydrogen) atoms. The van der Waals surface area contributed by atoms with Crippen molar-refractivity contribution in [2.24, 2.45) is 0 Å². The highest BCUT2D eigenvalue weighted by Gasteiger charge is 1.92. The van der Waals surface area contributed by atoms with E-state index in [0.717, 1.165) is 0 Å². The highest BCUT2D eigenvalue weighted by atomic mass is 35.7. The monoisotopic (exact) mass is 328 g/mol. The van der Waals surface area contributed by atoms with Crippen LogP contribution in [-0.4, -0.2) is 39.0 Å². The van der Waals surface area contributed by atoms with E-state index in [1.807, 2.05) is 57.2 Å². The van der Waals surface area contributed by atoms with Gasteiger partial charge in [0, 0.05) is 25.9 Å². The minimum Gasteiger partial charge on any atom is -0.378 e. The van der Waals surface area contributed by atoms with Crippen LogP contribution < -0.4 is 23.5 Å². The highest BCUT2D eigenvalue weighted by molar-refractivity contribution is 5.67. The fourth-order valence-electron chi connectivity index (χ4n) is 1.34. The van der Waals surface area contributed by atoms with E-state index < -0.39 is 10.2 Å². The molecule has 0 saturated carbocycles. The Morgan fingerprint density at radius 2 is 1.41 bits per heavy atom. The standard InChI is InChI=1S/C15H21N2.ClHO4/c1-16(2)13-7-5-6-8-14-9-11-15(12-10-14)17(3)4;2-1(3,4)5/h5-13H,1-4H3;(H,2,3,4,5)/q+1;/p-1. The molecule has 0 N–H and O–H groups in total. The molecule has 0 unspecified atom stereocenters. The van der Waals surface area contributed by atoms with E-state index in [4.69, 9.17) is 18.6 Å². The van der Waals surface area contributed by atoms with Gasteiger partial charge in [0.1, 0.15) is 14.1 Å². The minimum atomic E-state index is -4.94. The van der Waals surface area contributed by atoms with E-state index in [2.05, 4.69) is 35.2 Å². The van der Waals surface area contributed by atoms with Gasteiger partial charge in [-0.2, -0.15) is 0 Å². The first kappa shape index (κ1) is 20.3. The normalized spacial score (nSPS) is 11.3. The molecule has 0 aliphatic rings. The lowest BCUT2D eigenvalue weighted by Crippen LogP contribution is -2.68. The summed E-state index contributed by atoms with van der Waals surface area (Å²) in [6.45, 7) is 0. The van der Waals surface area contributed by atoms with E-state index in [1.165, 1.54) is 11.3 Å². The van der Waals surface area contributed by atoms with Crippen molar-refractivity contribution in [3.05, 3.63) is 48.1 Å². The number of rotatable bonds is 4. The Bertz CT molecular complexity index is 507. The van der Waals surface area contributed by atoms with Crippen molar-refractivity contribution in [3.63, 3.8) is 0 Å². The first-order valence-electron chi connectivity index (χ1n) is 6.33. The summed E-state index contributed by atoms with van der Waals surface area (Å²) in [5, 5.41) is 0. The Labute approximate surface area is 133 Å². The number of nitrogens with zero attached hydrogens (tertiary/aromatic N) is 2. The van der Waals surface area contributed by atoms with Gasteiger partial charge in [-0.1, -0.05) is 30.4 Å². The molecule has 0 amide bonds. The Morgan fingerprint density at radius 1 is 0.909 bits per heavy atom. The SMILES string of the molecule is CN(C)c1ccc(/C=C/C=C/C=[N+](C)C)cc1.[O-][Cl+3]([O-])([O-])[O-]. The van der Waals surface area contributed by atoms with Crippen molar-refractivity contribution in [2.75, 3.05) is 33.1 Å². The molecule has 0 atom stereocenters. The number of allylic oxidation sites excluding steroid dienone is 3. The lowest BCUT2D eigenvalue weighted by atomic mass is 10.2. The molecule has 0 heterocycles. The number of anilines is 1. The maximum Gasteiger partial charge on any atom is 0.162 e. The van der Waals surface area contributed by atoms with Gasteiger partial charge < -0.3 is 4.90 Å². The molecular formula is C15H21ClN2O4. The zero-order valence-corrected chi connectivity index (χ0v) is 13.9. The highest BCUT2D eigenvalue weighted by Crippen LogP contribution is 2.12. The van der Waals surface area contributed by atoms with Gasteiger partial charge in [-0.3, -0.25) is 0 Å². The fourth-order valence-corrected chi connectivity index (χ4v) is 1.34. The van der Waals surface area contributed by atoms with Gasteiger partial charge in [0.15, 0.2) is 6.21 Å². The molecule has 1 rings (SSSR count). The lowest BCUT2D eigenvalue weighted by Gasteiger charge is -2.17. The Morgan fingerprint density at radius 3 is 1.82 bits per heavy atom. The van der Waals surface area contributed by atoms with Gasteiger partial charge in [-0.25, -0.2) is 23.2 Å². The number of halogens is 1. The summed E-state index contributed by atoms with van der Waals surface area (Å²) in [5.74, 6) is 0. The molecule has 1 aromatic rings. The van der Waals surface area contributed by atoms with Crippen molar-refractivity contribution in [1.82, 2.24) is 0 Å². The van der Waals surface area contributed by atoms with Gasteiger partial charge in [0.2, 0.25) is 0 Å². The molecule has 0 spiro atoms. The molecule has 6 nitrogen and oxygen atoms in total. The Balaban J connectivity index is 0.000000763. The van der Waals surface area contributed by atoms with Crippen LogP contribution >= 0.6 is 0 Å². The molecule has 0 aliphatic carbocycles. The van der Waals surface area contributed by atoms with Crippen LogP contribution in [-0.2, 0) is 0 Å². The molecule has 0 radical (unpaired) electrons. The van der Waals surface area contributed by atoms with E-state index in [9.17, 15) is 0 Å².